The van der Waals surface area contributed by atoms with Gasteiger partial charge in [0.2, 0.25) is 6.08 Å². The molecule has 0 saturated heterocycles. The van der Waals surface area contributed by atoms with Gasteiger partial charge in [-0.1, -0.05) is 48.5 Å². The van der Waals surface area contributed by atoms with Crippen LogP contribution in [0.5, 0.6) is 0 Å². The van der Waals surface area contributed by atoms with Gasteiger partial charge in [0.15, 0.2) is 0 Å². The number of fused-ring (bicyclic) bond motifs is 1. The van der Waals surface area contributed by atoms with Gasteiger partial charge in [-0.15, -0.1) is 0 Å². The molecule has 0 spiro atoms. The minimum absolute atomic E-state index is 0.542. The number of aliphatic imine (C=N–C) groups is 1. The van der Waals surface area contributed by atoms with Gasteiger partial charge in [-0.05, 0) is 12.1 Å². The van der Waals surface area contributed by atoms with Crippen molar-refractivity contribution in [1.29, 1.82) is 0 Å². The van der Waals surface area contributed by atoms with Crippen LogP contribution in [0.3, 0.4) is 0 Å². The van der Waals surface area contributed by atoms with Crippen LogP contribution in [0, 0.1) is 0 Å². The highest BCUT2D eigenvalue weighted by atomic mass is 16.1. The zero-order chi connectivity index (χ0) is 13.1. The number of hydrogen-bond acceptors (Lipinski definition) is 3. The highest BCUT2D eigenvalue weighted by Gasteiger charge is 2.08. The van der Waals surface area contributed by atoms with E-state index in [4.69, 9.17) is 0 Å². The first-order chi connectivity index (χ1) is 9.38. The van der Waals surface area contributed by atoms with E-state index in [0.29, 0.717) is 11.4 Å². The molecule has 0 radical (unpaired) electrons. The molecule has 0 amide bonds. The van der Waals surface area contributed by atoms with Crippen molar-refractivity contribution in [2.75, 3.05) is 0 Å². The van der Waals surface area contributed by atoms with Crippen LogP contribution in [-0.2, 0) is 4.79 Å². The van der Waals surface area contributed by atoms with E-state index in [9.17, 15) is 4.79 Å². The lowest BCUT2D eigenvalue weighted by Gasteiger charge is -2.06. The maximum atomic E-state index is 10.6. The standard InChI is InChI=1S/C16H10N2O/c19-11-17-15-10-13-8-4-5-9-14(13)18-16(15)12-6-2-1-3-7-12/h1-10H. The molecule has 0 fully saturated rings. The summed E-state index contributed by atoms with van der Waals surface area (Å²) in [6, 6.07) is 19.3. The maximum Gasteiger partial charge on any atom is 0.240 e. The van der Waals surface area contributed by atoms with E-state index in [1.165, 1.54) is 0 Å². The molecule has 3 nitrogen and oxygen atoms in total. The fraction of sp³-hybridized carbons (Fsp3) is 0. The molecule has 19 heavy (non-hydrogen) atoms. The van der Waals surface area contributed by atoms with E-state index in [-0.39, 0.29) is 0 Å². The predicted molar refractivity (Wildman–Crippen MR) is 75.0 cm³/mol. The van der Waals surface area contributed by atoms with Crippen molar-refractivity contribution in [2.45, 2.75) is 0 Å². The number of para-hydroxylation sites is 1. The molecule has 0 unspecified atom stereocenters. The molecule has 3 aromatic rings. The van der Waals surface area contributed by atoms with E-state index in [2.05, 4.69) is 9.98 Å². The predicted octanol–water partition coefficient (Wildman–Crippen LogP) is 3.87. The number of isocyanates is 1. The third-order valence-corrected chi connectivity index (χ3v) is 2.92. The van der Waals surface area contributed by atoms with Crippen LogP contribution in [0.2, 0.25) is 0 Å². The fourth-order valence-corrected chi connectivity index (χ4v) is 2.05. The highest BCUT2D eigenvalue weighted by Crippen LogP contribution is 2.31. The lowest BCUT2D eigenvalue weighted by molar-refractivity contribution is 0.565. The molecule has 0 aliphatic rings. The van der Waals surface area contributed by atoms with Gasteiger partial charge in [0.05, 0.1) is 11.2 Å². The largest absolute Gasteiger partial charge is 0.245 e. The summed E-state index contributed by atoms with van der Waals surface area (Å²) < 4.78 is 0. The Morgan fingerprint density at radius 3 is 2.47 bits per heavy atom. The van der Waals surface area contributed by atoms with Gasteiger partial charge in [0.25, 0.3) is 0 Å². The average molecular weight is 246 g/mol. The first kappa shape index (κ1) is 11.3. The van der Waals surface area contributed by atoms with Gasteiger partial charge >= 0.3 is 0 Å². The summed E-state index contributed by atoms with van der Waals surface area (Å²) in [7, 11) is 0. The molecule has 0 aliphatic carbocycles. The number of hydrogen-bond donors (Lipinski definition) is 0. The van der Waals surface area contributed by atoms with Gasteiger partial charge in [0, 0.05) is 10.9 Å². The van der Waals surface area contributed by atoms with Gasteiger partial charge in [-0.25, -0.2) is 9.78 Å². The summed E-state index contributed by atoms with van der Waals surface area (Å²) in [6.45, 7) is 0. The van der Waals surface area contributed by atoms with E-state index < -0.39 is 0 Å². The van der Waals surface area contributed by atoms with Gasteiger partial charge in [-0.3, -0.25) is 0 Å². The smallest absolute Gasteiger partial charge is 0.240 e. The van der Waals surface area contributed by atoms with E-state index in [1.54, 1.807) is 6.08 Å². The second-order valence-corrected chi connectivity index (χ2v) is 4.12. The Hall–Kier alpha value is -2.77. The van der Waals surface area contributed by atoms with Crippen molar-refractivity contribution >= 4 is 22.7 Å². The monoisotopic (exact) mass is 246 g/mol. The van der Waals surface area contributed by atoms with Crippen molar-refractivity contribution in [2.24, 2.45) is 4.99 Å². The summed E-state index contributed by atoms with van der Waals surface area (Å²) in [5.74, 6) is 0. The van der Waals surface area contributed by atoms with Crippen LogP contribution >= 0.6 is 0 Å². The molecule has 90 valence electrons. The molecule has 0 aliphatic heterocycles. The van der Waals surface area contributed by atoms with E-state index in [0.717, 1.165) is 16.5 Å². The first-order valence-electron chi connectivity index (χ1n) is 5.91. The van der Waals surface area contributed by atoms with E-state index >= 15 is 0 Å². The number of rotatable bonds is 2. The lowest BCUT2D eigenvalue weighted by atomic mass is 10.1. The number of carbonyl (C=O) groups excluding carboxylic acids is 1. The third-order valence-electron chi connectivity index (χ3n) is 2.92. The molecular formula is C16H10N2O. The Labute approximate surface area is 110 Å². The molecule has 0 atom stereocenters. The van der Waals surface area contributed by atoms with Crippen LogP contribution in [-0.4, -0.2) is 11.1 Å². The highest BCUT2D eigenvalue weighted by molar-refractivity contribution is 5.88. The maximum absolute atomic E-state index is 10.6. The Kier molecular flexibility index (Phi) is 2.89. The average Bonchev–Trinajstić information content (AvgIpc) is 2.48. The van der Waals surface area contributed by atoms with E-state index in [1.807, 2.05) is 60.7 Å². The Bertz CT molecular complexity index is 775. The van der Waals surface area contributed by atoms with Crippen molar-refractivity contribution in [3.05, 3.63) is 60.7 Å². The zero-order valence-electron chi connectivity index (χ0n) is 10.1. The summed E-state index contributed by atoms with van der Waals surface area (Å²) in [5.41, 5.74) is 3.05. The van der Waals surface area contributed by atoms with Gasteiger partial charge in [0.1, 0.15) is 5.69 Å². The Balaban J connectivity index is 2.32. The minimum atomic E-state index is 0.542. The molecule has 3 rings (SSSR count). The minimum Gasteiger partial charge on any atom is -0.245 e. The van der Waals surface area contributed by atoms with Crippen molar-refractivity contribution < 1.29 is 4.79 Å². The summed E-state index contributed by atoms with van der Waals surface area (Å²) in [4.78, 5) is 18.9. The van der Waals surface area contributed by atoms with Crippen molar-refractivity contribution in [1.82, 2.24) is 4.98 Å². The molecular weight excluding hydrogens is 236 g/mol. The summed E-state index contributed by atoms with van der Waals surface area (Å²) >= 11 is 0. The third kappa shape index (κ3) is 2.15. The summed E-state index contributed by atoms with van der Waals surface area (Å²) in [6.07, 6.45) is 1.59. The zero-order valence-corrected chi connectivity index (χ0v) is 10.1. The molecule has 1 heterocycles. The molecule has 0 saturated carbocycles. The molecule has 2 aromatic carbocycles. The van der Waals surface area contributed by atoms with Gasteiger partial charge in [-0.2, -0.15) is 4.99 Å². The SMILES string of the molecule is O=C=Nc1cc2ccccc2nc1-c1ccccc1. The van der Waals surface area contributed by atoms with Crippen LogP contribution in [0.15, 0.2) is 65.7 Å². The fourth-order valence-electron chi connectivity index (χ4n) is 2.05. The number of benzene rings is 2. The van der Waals surface area contributed by atoms with Gasteiger partial charge < -0.3 is 0 Å². The molecule has 3 heteroatoms. The van der Waals surface area contributed by atoms with Crippen LogP contribution in [0.4, 0.5) is 5.69 Å². The number of aromatic nitrogens is 1. The van der Waals surface area contributed by atoms with Crippen molar-refractivity contribution in [3.63, 3.8) is 0 Å². The Morgan fingerprint density at radius 1 is 0.947 bits per heavy atom. The number of nitrogens with zero attached hydrogens (tertiary/aromatic N) is 2. The Morgan fingerprint density at radius 2 is 1.68 bits per heavy atom. The van der Waals surface area contributed by atoms with Crippen LogP contribution < -0.4 is 0 Å². The summed E-state index contributed by atoms with van der Waals surface area (Å²) in [5, 5.41) is 0.955. The van der Waals surface area contributed by atoms with Crippen LogP contribution in [0.1, 0.15) is 0 Å². The second kappa shape index (κ2) is 4.84. The molecule has 0 N–H and O–H groups in total. The lowest BCUT2D eigenvalue weighted by Crippen LogP contribution is -1.86. The van der Waals surface area contributed by atoms with Crippen molar-refractivity contribution in [3.8, 4) is 11.3 Å². The second-order valence-electron chi connectivity index (χ2n) is 4.12. The topological polar surface area (TPSA) is 42.3 Å². The number of pyridine rings is 1. The molecule has 1 aromatic heterocycles. The van der Waals surface area contributed by atoms with Crippen LogP contribution in [0.25, 0.3) is 22.2 Å². The normalized spacial score (nSPS) is 10.1. The quantitative estimate of drug-likeness (QED) is 0.509. The first-order valence-corrected chi connectivity index (χ1v) is 5.91. The molecule has 0 bridgehead atoms.